The van der Waals surface area contributed by atoms with Gasteiger partial charge in [-0.1, -0.05) is 78.9 Å². The topological polar surface area (TPSA) is 72.8 Å². The maximum atomic E-state index is 10.8. The zero-order chi connectivity index (χ0) is 35.5. The molecule has 12 aromatic rings. The molecule has 6 nitrogen and oxygen atoms in total. The number of nitrogens with zero attached hydrogens (tertiary/aromatic N) is 4. The summed E-state index contributed by atoms with van der Waals surface area (Å²) in [6.07, 6.45) is 1.81. The van der Waals surface area contributed by atoms with E-state index in [0.717, 1.165) is 104 Å². The lowest BCUT2D eigenvalue weighted by atomic mass is 10.00. The predicted molar refractivity (Wildman–Crippen MR) is 218 cm³/mol. The monoisotopic (exact) mass is 690 g/mol. The van der Waals surface area contributed by atoms with E-state index in [-0.39, 0.29) is 0 Å². The highest BCUT2D eigenvalue weighted by Gasteiger charge is 2.25. The maximum absolute atomic E-state index is 10.8. The van der Waals surface area contributed by atoms with Gasteiger partial charge in [0.2, 0.25) is 0 Å². The number of hydrogen-bond donors (Lipinski definition) is 0. The third-order valence-corrected chi connectivity index (χ3v) is 11.0. The minimum absolute atomic E-state index is 0.531. The van der Waals surface area contributed by atoms with Crippen molar-refractivity contribution in [3.05, 3.63) is 163 Å². The van der Waals surface area contributed by atoms with Gasteiger partial charge in [0.15, 0.2) is 0 Å². The number of benzene rings is 7. The van der Waals surface area contributed by atoms with Crippen molar-refractivity contribution >= 4 is 87.5 Å². The highest BCUT2D eigenvalue weighted by atomic mass is 16.3. The molecular weight excluding hydrogens is 665 g/mol. The van der Waals surface area contributed by atoms with Gasteiger partial charge in [0.05, 0.1) is 61.5 Å². The second-order valence-electron chi connectivity index (χ2n) is 13.8. The van der Waals surface area contributed by atoms with E-state index in [1.807, 2.05) is 60.8 Å². The fraction of sp³-hybridized carbons (Fsp3) is 0. The van der Waals surface area contributed by atoms with Crippen LogP contribution in [0, 0.1) is 11.3 Å². The Morgan fingerprint density at radius 2 is 0.963 bits per heavy atom. The van der Waals surface area contributed by atoms with Crippen LogP contribution in [0.25, 0.3) is 110 Å². The van der Waals surface area contributed by atoms with Gasteiger partial charge in [-0.05, 0) is 72.8 Å². The second-order valence-corrected chi connectivity index (χ2v) is 13.8. The summed E-state index contributed by atoms with van der Waals surface area (Å²) in [5, 5.41) is 19.3. The summed E-state index contributed by atoms with van der Waals surface area (Å²) >= 11 is 0. The first-order valence-corrected chi connectivity index (χ1v) is 17.9. The molecule has 0 bridgehead atoms. The fourth-order valence-electron chi connectivity index (χ4n) is 8.83. The van der Waals surface area contributed by atoms with Crippen LogP contribution in [-0.4, -0.2) is 14.1 Å². The van der Waals surface area contributed by atoms with Gasteiger partial charge in [0, 0.05) is 44.1 Å². The van der Waals surface area contributed by atoms with E-state index in [4.69, 9.17) is 13.8 Å². The Bertz CT molecular complexity index is 3590. The van der Waals surface area contributed by atoms with Gasteiger partial charge < -0.3 is 18.0 Å². The summed E-state index contributed by atoms with van der Waals surface area (Å²) in [6.45, 7) is 0. The van der Waals surface area contributed by atoms with Crippen molar-refractivity contribution in [2.24, 2.45) is 0 Å². The molecule has 12 rings (SSSR count). The van der Waals surface area contributed by atoms with Gasteiger partial charge >= 0.3 is 0 Å². The molecule has 0 radical (unpaired) electrons. The molecule has 0 fully saturated rings. The van der Waals surface area contributed by atoms with E-state index in [2.05, 4.69) is 112 Å². The average molecular weight is 691 g/mol. The number of pyridine rings is 1. The lowest BCUT2D eigenvalue weighted by Crippen LogP contribution is -2.04. The second kappa shape index (κ2) is 10.7. The number of para-hydroxylation sites is 4. The highest BCUT2D eigenvalue weighted by Crippen LogP contribution is 2.45. The van der Waals surface area contributed by atoms with Crippen molar-refractivity contribution in [3.63, 3.8) is 0 Å². The van der Waals surface area contributed by atoms with Gasteiger partial charge in [0.1, 0.15) is 22.3 Å². The first kappa shape index (κ1) is 29.0. The molecule has 0 amide bonds. The summed E-state index contributed by atoms with van der Waals surface area (Å²) < 4.78 is 17.7. The van der Waals surface area contributed by atoms with Gasteiger partial charge in [-0.25, -0.2) is 0 Å². The molecule has 54 heavy (non-hydrogen) atoms. The molecule has 0 saturated carbocycles. The van der Waals surface area contributed by atoms with Crippen LogP contribution in [-0.2, 0) is 0 Å². The first-order valence-electron chi connectivity index (χ1n) is 17.9. The minimum atomic E-state index is 0.531. The van der Waals surface area contributed by atoms with Crippen LogP contribution in [0.5, 0.6) is 0 Å². The Hall–Kier alpha value is -7.62. The third-order valence-electron chi connectivity index (χ3n) is 11.0. The zero-order valence-electron chi connectivity index (χ0n) is 28.6. The SMILES string of the molecule is N#Cc1cccc(-n2c3ccccc3c3c4oc5ccccc5c4ccc32)c1-c1ncccc1-n1c2ccccc2c2c3oc4ccccc4c3ccc21. The normalized spacial score (nSPS) is 12.1. The van der Waals surface area contributed by atoms with Crippen molar-refractivity contribution < 1.29 is 8.83 Å². The molecule has 0 atom stereocenters. The van der Waals surface area contributed by atoms with E-state index in [1.54, 1.807) is 0 Å². The average Bonchev–Trinajstić information content (AvgIpc) is 3.98. The first-order chi connectivity index (χ1) is 26.8. The zero-order valence-corrected chi connectivity index (χ0v) is 28.6. The number of nitriles is 1. The fourth-order valence-corrected chi connectivity index (χ4v) is 8.83. The van der Waals surface area contributed by atoms with Gasteiger partial charge in [-0.15, -0.1) is 0 Å². The number of furan rings is 2. The number of rotatable bonds is 3. The van der Waals surface area contributed by atoms with E-state index >= 15 is 0 Å². The molecule has 0 N–H and O–H groups in total. The van der Waals surface area contributed by atoms with E-state index in [9.17, 15) is 5.26 Å². The molecule has 250 valence electrons. The Morgan fingerprint density at radius 3 is 1.56 bits per heavy atom. The largest absolute Gasteiger partial charge is 0.455 e. The lowest BCUT2D eigenvalue weighted by Gasteiger charge is -2.18. The van der Waals surface area contributed by atoms with Crippen molar-refractivity contribution in [1.82, 2.24) is 14.1 Å². The van der Waals surface area contributed by atoms with Crippen LogP contribution >= 0.6 is 0 Å². The van der Waals surface area contributed by atoms with Crippen LogP contribution in [0.15, 0.2) is 167 Å². The van der Waals surface area contributed by atoms with E-state index < -0.39 is 0 Å². The van der Waals surface area contributed by atoms with Gasteiger partial charge in [-0.3, -0.25) is 4.98 Å². The Kier molecular flexibility index (Phi) is 5.75. The third kappa shape index (κ3) is 3.74. The molecular formula is C48H26N4O2. The molecule has 5 heterocycles. The van der Waals surface area contributed by atoms with Crippen molar-refractivity contribution in [2.45, 2.75) is 0 Å². The summed E-state index contributed by atoms with van der Waals surface area (Å²) in [7, 11) is 0. The summed E-state index contributed by atoms with van der Waals surface area (Å²) in [4.78, 5) is 5.11. The van der Waals surface area contributed by atoms with Gasteiger partial charge in [0.25, 0.3) is 0 Å². The summed E-state index contributed by atoms with van der Waals surface area (Å²) in [5.41, 5.74) is 11.1. The number of hydrogen-bond acceptors (Lipinski definition) is 4. The minimum Gasteiger partial charge on any atom is -0.455 e. The molecule has 0 aliphatic carbocycles. The van der Waals surface area contributed by atoms with Crippen LogP contribution in [0.3, 0.4) is 0 Å². The Morgan fingerprint density at radius 1 is 0.444 bits per heavy atom. The number of fused-ring (bicyclic) bond motifs is 14. The van der Waals surface area contributed by atoms with Crippen LogP contribution in [0.1, 0.15) is 5.56 Å². The maximum Gasteiger partial charge on any atom is 0.145 e. The number of aromatic nitrogens is 3. The van der Waals surface area contributed by atoms with Crippen molar-refractivity contribution in [1.29, 1.82) is 5.26 Å². The Balaban J connectivity index is 1.19. The van der Waals surface area contributed by atoms with E-state index in [0.29, 0.717) is 11.3 Å². The van der Waals surface area contributed by atoms with Crippen molar-refractivity contribution in [2.75, 3.05) is 0 Å². The van der Waals surface area contributed by atoms with Crippen molar-refractivity contribution in [3.8, 4) is 28.7 Å². The molecule has 0 aliphatic heterocycles. The molecule has 6 heteroatoms. The lowest BCUT2D eigenvalue weighted by molar-refractivity contribution is 0.672. The predicted octanol–water partition coefficient (Wildman–Crippen LogP) is 12.6. The van der Waals surface area contributed by atoms with E-state index in [1.165, 1.54) is 0 Å². The van der Waals surface area contributed by atoms with Crippen LogP contribution in [0.4, 0.5) is 0 Å². The molecule has 7 aromatic carbocycles. The molecule has 0 saturated heterocycles. The molecule has 0 unspecified atom stereocenters. The molecule has 0 aliphatic rings. The smallest absolute Gasteiger partial charge is 0.145 e. The standard InChI is InChI=1S/C48H26N4O2/c49-27-28-11-9-18-37(51-35-16-5-1-14-33(35)44-38(51)24-22-31-29-12-3-7-20-41(29)53-47(31)44)43(28)46-40(19-10-26-50-46)52-36-17-6-2-15-34(36)45-39(52)25-23-32-30-13-4-8-21-42(30)54-48(32)45/h1-26H. The highest BCUT2D eigenvalue weighted by molar-refractivity contribution is 6.25. The van der Waals surface area contributed by atoms with Crippen LogP contribution < -0.4 is 0 Å². The Labute approximate surface area is 306 Å². The van der Waals surface area contributed by atoms with Gasteiger partial charge in [-0.2, -0.15) is 5.26 Å². The summed E-state index contributed by atoms with van der Waals surface area (Å²) in [5.74, 6) is 0. The summed E-state index contributed by atoms with van der Waals surface area (Å²) in [6, 6.07) is 54.4. The quantitative estimate of drug-likeness (QED) is 0.185. The molecule has 0 spiro atoms. The van der Waals surface area contributed by atoms with Crippen LogP contribution in [0.2, 0.25) is 0 Å². The molecule has 5 aromatic heterocycles.